The Morgan fingerprint density at radius 3 is 2.55 bits per heavy atom. The lowest BCUT2D eigenvalue weighted by Crippen LogP contribution is -2.29. The van der Waals surface area contributed by atoms with Crippen LogP contribution in [0.1, 0.15) is 24.0 Å². The molecule has 0 N–H and O–H groups in total. The Hall–Kier alpha value is -1.61. The van der Waals surface area contributed by atoms with Crippen LogP contribution in [0.3, 0.4) is 0 Å². The van der Waals surface area contributed by atoms with Gasteiger partial charge in [-0.1, -0.05) is 46.3 Å². The molecular formula is C17H16BrNO. The van der Waals surface area contributed by atoms with Gasteiger partial charge in [-0.25, -0.2) is 0 Å². The normalized spacial score (nSPS) is 14.8. The van der Waals surface area contributed by atoms with Gasteiger partial charge in [-0.15, -0.1) is 0 Å². The summed E-state index contributed by atoms with van der Waals surface area (Å²) < 4.78 is 1.06. The van der Waals surface area contributed by atoms with Crippen LogP contribution in [-0.4, -0.2) is 5.91 Å². The first kappa shape index (κ1) is 13.4. The molecular weight excluding hydrogens is 314 g/mol. The number of fused-ring (bicyclic) bond motifs is 1. The summed E-state index contributed by atoms with van der Waals surface area (Å²) in [6.45, 7) is 0.642. The van der Waals surface area contributed by atoms with Crippen molar-refractivity contribution >= 4 is 27.5 Å². The fraction of sp³-hybridized carbons (Fsp3) is 0.235. The Morgan fingerprint density at radius 2 is 1.75 bits per heavy atom. The van der Waals surface area contributed by atoms with E-state index in [2.05, 4.69) is 40.2 Å². The third-order valence-corrected chi connectivity index (χ3v) is 4.20. The summed E-state index contributed by atoms with van der Waals surface area (Å²) in [6, 6.07) is 16.4. The molecule has 0 bridgehead atoms. The average Bonchev–Trinajstić information content (AvgIpc) is 2.62. The number of nitrogens with zero attached hydrogens (tertiary/aromatic N) is 1. The van der Waals surface area contributed by atoms with Crippen LogP contribution in [0.4, 0.5) is 5.69 Å². The maximum atomic E-state index is 12.4. The molecule has 0 aliphatic carbocycles. The van der Waals surface area contributed by atoms with Gasteiger partial charge < -0.3 is 4.90 Å². The predicted molar refractivity (Wildman–Crippen MR) is 84.7 cm³/mol. The van der Waals surface area contributed by atoms with Gasteiger partial charge in [-0.05, 0) is 42.2 Å². The van der Waals surface area contributed by atoms with Crippen LogP contribution in [0, 0.1) is 0 Å². The van der Waals surface area contributed by atoms with Gasteiger partial charge in [0, 0.05) is 16.6 Å². The number of hydrogen-bond acceptors (Lipinski definition) is 1. The van der Waals surface area contributed by atoms with Crippen molar-refractivity contribution in [2.75, 3.05) is 4.90 Å². The Balaban J connectivity index is 1.94. The summed E-state index contributed by atoms with van der Waals surface area (Å²) in [5, 5.41) is 0. The zero-order chi connectivity index (χ0) is 13.9. The van der Waals surface area contributed by atoms with Crippen LogP contribution in [0.15, 0.2) is 53.0 Å². The molecule has 3 rings (SSSR count). The van der Waals surface area contributed by atoms with E-state index in [1.165, 1.54) is 5.56 Å². The molecule has 20 heavy (non-hydrogen) atoms. The van der Waals surface area contributed by atoms with Crippen molar-refractivity contribution < 1.29 is 4.79 Å². The number of carbonyl (C=O) groups is 1. The molecule has 0 saturated carbocycles. The lowest BCUT2D eigenvalue weighted by molar-refractivity contribution is -0.118. The first-order valence-electron chi connectivity index (χ1n) is 6.87. The van der Waals surface area contributed by atoms with E-state index in [9.17, 15) is 4.79 Å². The monoisotopic (exact) mass is 329 g/mol. The minimum atomic E-state index is 0.220. The Kier molecular flexibility index (Phi) is 3.88. The highest BCUT2D eigenvalue weighted by molar-refractivity contribution is 9.10. The molecule has 0 fully saturated rings. The van der Waals surface area contributed by atoms with E-state index in [-0.39, 0.29) is 5.91 Å². The van der Waals surface area contributed by atoms with Gasteiger partial charge in [0.25, 0.3) is 0 Å². The smallest absolute Gasteiger partial charge is 0.227 e. The standard InChI is InChI=1S/C17H16BrNO/c18-15-10-8-13(9-11-15)12-19-16-6-2-1-4-14(16)5-3-7-17(19)20/h1-2,4,6,8-11H,3,5,7,12H2. The Labute approximate surface area is 127 Å². The van der Waals surface area contributed by atoms with Crippen molar-refractivity contribution in [3.8, 4) is 0 Å². The van der Waals surface area contributed by atoms with Gasteiger partial charge in [-0.2, -0.15) is 0 Å². The number of anilines is 1. The van der Waals surface area contributed by atoms with Gasteiger partial charge in [0.2, 0.25) is 5.91 Å². The van der Waals surface area contributed by atoms with Gasteiger partial charge >= 0.3 is 0 Å². The zero-order valence-electron chi connectivity index (χ0n) is 11.2. The predicted octanol–water partition coefficient (Wildman–Crippen LogP) is 4.32. The first-order valence-corrected chi connectivity index (χ1v) is 7.66. The third-order valence-electron chi connectivity index (χ3n) is 3.67. The van der Waals surface area contributed by atoms with Crippen molar-refractivity contribution in [2.45, 2.75) is 25.8 Å². The summed E-state index contributed by atoms with van der Waals surface area (Å²) in [4.78, 5) is 14.3. The van der Waals surface area contributed by atoms with Crippen LogP contribution in [0.25, 0.3) is 0 Å². The number of carbonyl (C=O) groups excluding carboxylic acids is 1. The second-order valence-corrected chi connectivity index (χ2v) is 6.00. The number of benzene rings is 2. The molecule has 0 spiro atoms. The van der Waals surface area contributed by atoms with Crippen LogP contribution in [0.5, 0.6) is 0 Å². The highest BCUT2D eigenvalue weighted by Gasteiger charge is 2.21. The minimum absolute atomic E-state index is 0.220. The maximum Gasteiger partial charge on any atom is 0.227 e. The number of para-hydroxylation sites is 1. The van der Waals surface area contributed by atoms with E-state index in [0.29, 0.717) is 13.0 Å². The number of amides is 1. The van der Waals surface area contributed by atoms with Crippen LogP contribution in [0.2, 0.25) is 0 Å². The van der Waals surface area contributed by atoms with Crippen LogP contribution < -0.4 is 4.90 Å². The zero-order valence-corrected chi connectivity index (χ0v) is 12.8. The molecule has 0 unspecified atom stereocenters. The third kappa shape index (κ3) is 2.78. The molecule has 1 aliphatic heterocycles. The molecule has 0 atom stereocenters. The number of aryl methyl sites for hydroxylation is 1. The maximum absolute atomic E-state index is 12.4. The number of halogens is 1. The number of rotatable bonds is 2. The van der Waals surface area contributed by atoms with Gasteiger partial charge in [0.15, 0.2) is 0 Å². The average molecular weight is 330 g/mol. The topological polar surface area (TPSA) is 20.3 Å². The molecule has 1 aliphatic rings. The summed E-state index contributed by atoms with van der Waals surface area (Å²) in [6.07, 6.45) is 2.55. The van der Waals surface area contributed by atoms with Crippen molar-refractivity contribution in [1.29, 1.82) is 0 Å². The summed E-state index contributed by atoms with van der Waals surface area (Å²) >= 11 is 3.44. The van der Waals surface area contributed by atoms with Crippen molar-refractivity contribution in [3.63, 3.8) is 0 Å². The summed E-state index contributed by atoms with van der Waals surface area (Å²) in [5.41, 5.74) is 3.49. The van der Waals surface area contributed by atoms with Gasteiger partial charge in [-0.3, -0.25) is 4.79 Å². The summed E-state index contributed by atoms with van der Waals surface area (Å²) in [5.74, 6) is 0.220. The summed E-state index contributed by atoms with van der Waals surface area (Å²) in [7, 11) is 0. The second kappa shape index (κ2) is 5.80. The van der Waals surface area contributed by atoms with E-state index < -0.39 is 0 Å². The SMILES string of the molecule is O=C1CCCc2ccccc2N1Cc1ccc(Br)cc1. The molecule has 2 nitrogen and oxygen atoms in total. The fourth-order valence-corrected chi connectivity index (χ4v) is 2.89. The van der Waals surface area contributed by atoms with Crippen LogP contribution in [-0.2, 0) is 17.8 Å². The Bertz CT molecular complexity index is 621. The lowest BCUT2D eigenvalue weighted by atomic mass is 10.1. The van der Waals surface area contributed by atoms with E-state index in [1.54, 1.807) is 0 Å². The van der Waals surface area contributed by atoms with Crippen LogP contribution >= 0.6 is 15.9 Å². The van der Waals surface area contributed by atoms with Crippen molar-refractivity contribution in [3.05, 3.63) is 64.1 Å². The molecule has 0 aromatic heterocycles. The molecule has 102 valence electrons. The van der Waals surface area contributed by atoms with E-state index in [0.717, 1.165) is 28.6 Å². The molecule has 0 radical (unpaired) electrons. The first-order chi connectivity index (χ1) is 9.74. The van der Waals surface area contributed by atoms with Crippen molar-refractivity contribution in [2.24, 2.45) is 0 Å². The largest absolute Gasteiger partial charge is 0.308 e. The quantitative estimate of drug-likeness (QED) is 0.803. The van der Waals surface area contributed by atoms with Gasteiger partial charge in [0.05, 0.1) is 6.54 Å². The molecule has 3 heteroatoms. The second-order valence-electron chi connectivity index (χ2n) is 5.09. The van der Waals surface area contributed by atoms with E-state index in [1.807, 2.05) is 29.2 Å². The lowest BCUT2D eigenvalue weighted by Gasteiger charge is -2.23. The minimum Gasteiger partial charge on any atom is -0.308 e. The Morgan fingerprint density at radius 1 is 1.00 bits per heavy atom. The highest BCUT2D eigenvalue weighted by atomic mass is 79.9. The molecule has 2 aromatic rings. The fourth-order valence-electron chi connectivity index (χ4n) is 2.63. The molecule has 2 aromatic carbocycles. The number of hydrogen-bond donors (Lipinski definition) is 0. The van der Waals surface area contributed by atoms with Crippen molar-refractivity contribution in [1.82, 2.24) is 0 Å². The van der Waals surface area contributed by atoms with Gasteiger partial charge in [0.1, 0.15) is 0 Å². The van der Waals surface area contributed by atoms with E-state index >= 15 is 0 Å². The highest BCUT2D eigenvalue weighted by Crippen LogP contribution is 2.28. The molecule has 0 saturated heterocycles. The molecule has 1 amide bonds. The van der Waals surface area contributed by atoms with E-state index in [4.69, 9.17) is 0 Å². The molecule has 1 heterocycles.